The van der Waals surface area contributed by atoms with Crippen LogP contribution in [0.25, 0.3) is 44.5 Å². The van der Waals surface area contributed by atoms with Gasteiger partial charge in [-0.25, -0.2) is 0 Å². The molecule has 4 aromatic rings. The molecule has 0 spiro atoms. The van der Waals surface area contributed by atoms with Gasteiger partial charge in [0.15, 0.2) is 0 Å². The van der Waals surface area contributed by atoms with Gasteiger partial charge in [0.1, 0.15) is 0 Å². The lowest BCUT2D eigenvalue weighted by atomic mass is 9.92. The largest absolute Gasteiger partial charge is 0.0984 e. The molecule has 0 atom stereocenters. The summed E-state index contributed by atoms with van der Waals surface area (Å²) >= 11 is 0. The Labute approximate surface area is 136 Å². The molecule has 4 rings (SSSR count). The van der Waals surface area contributed by atoms with Crippen LogP contribution in [0.1, 0.15) is 18.1 Å². The highest BCUT2D eigenvalue weighted by molar-refractivity contribution is 6.18. The van der Waals surface area contributed by atoms with Crippen molar-refractivity contribution in [1.29, 1.82) is 0 Å². The molecule has 0 saturated carbocycles. The quantitative estimate of drug-likeness (QED) is 0.356. The molecule has 0 aliphatic rings. The maximum Gasteiger partial charge on any atom is -0.00987 e. The molecule has 0 saturated heterocycles. The van der Waals surface area contributed by atoms with Crippen LogP contribution in [-0.2, 0) is 0 Å². The summed E-state index contributed by atoms with van der Waals surface area (Å²) in [5.74, 6) is 0. The van der Waals surface area contributed by atoms with E-state index in [4.69, 9.17) is 0 Å². The number of allylic oxidation sites excluding steroid dienone is 1. The topological polar surface area (TPSA) is 0 Å². The minimum absolute atomic E-state index is 1.20. The van der Waals surface area contributed by atoms with Crippen molar-refractivity contribution in [2.75, 3.05) is 0 Å². The Morgan fingerprint density at radius 3 is 2.17 bits per heavy atom. The van der Waals surface area contributed by atoms with Crippen molar-refractivity contribution in [3.05, 3.63) is 84.4 Å². The lowest BCUT2D eigenvalue weighted by Crippen LogP contribution is -1.86. The minimum atomic E-state index is 1.20. The molecule has 0 heteroatoms. The molecule has 23 heavy (non-hydrogen) atoms. The van der Waals surface area contributed by atoms with Crippen LogP contribution in [-0.4, -0.2) is 0 Å². The van der Waals surface area contributed by atoms with Gasteiger partial charge in [0.25, 0.3) is 0 Å². The van der Waals surface area contributed by atoms with Crippen LogP contribution in [0.15, 0.2) is 73.3 Å². The summed E-state index contributed by atoms with van der Waals surface area (Å²) in [6.07, 6.45) is 6.17. The van der Waals surface area contributed by atoms with E-state index in [1.165, 1.54) is 43.4 Å². The van der Waals surface area contributed by atoms with Gasteiger partial charge in [-0.2, -0.15) is 0 Å². The summed E-state index contributed by atoms with van der Waals surface area (Å²) in [5, 5.41) is 7.76. The maximum absolute atomic E-state index is 4.02. The van der Waals surface area contributed by atoms with Gasteiger partial charge >= 0.3 is 0 Å². The Morgan fingerprint density at radius 2 is 1.35 bits per heavy atom. The number of hydrogen-bond donors (Lipinski definition) is 0. The van der Waals surface area contributed by atoms with Crippen LogP contribution in [0.3, 0.4) is 0 Å². The Balaban J connectivity index is 2.17. The molecule has 0 radical (unpaired) electrons. The first-order valence-electron chi connectivity index (χ1n) is 7.96. The van der Waals surface area contributed by atoms with E-state index in [1.807, 2.05) is 13.0 Å². The second-order valence-electron chi connectivity index (χ2n) is 5.82. The molecule has 0 amide bonds. The Kier molecular flexibility index (Phi) is 3.24. The summed E-state index contributed by atoms with van der Waals surface area (Å²) in [4.78, 5) is 0. The van der Waals surface area contributed by atoms with Crippen LogP contribution >= 0.6 is 0 Å². The zero-order valence-corrected chi connectivity index (χ0v) is 13.2. The van der Waals surface area contributed by atoms with Gasteiger partial charge in [-0.15, -0.1) is 0 Å². The Hall–Kier alpha value is -2.86. The third-order valence-corrected chi connectivity index (χ3v) is 4.55. The highest BCUT2D eigenvalue weighted by atomic mass is 14.1. The molecular formula is C23H18. The van der Waals surface area contributed by atoms with Crippen LogP contribution in [0.4, 0.5) is 0 Å². The first-order chi connectivity index (χ1) is 11.3. The van der Waals surface area contributed by atoms with E-state index in [-0.39, 0.29) is 0 Å². The van der Waals surface area contributed by atoms with Gasteiger partial charge in [-0.05, 0) is 50.4 Å². The van der Waals surface area contributed by atoms with Crippen molar-refractivity contribution < 1.29 is 0 Å². The molecule has 0 heterocycles. The van der Waals surface area contributed by atoms with E-state index in [2.05, 4.69) is 79.4 Å². The molecule has 4 aromatic carbocycles. The van der Waals surface area contributed by atoms with Crippen LogP contribution in [0.5, 0.6) is 0 Å². The Bertz CT molecular complexity index is 1080. The molecule has 0 fully saturated rings. The van der Waals surface area contributed by atoms with Gasteiger partial charge in [0.2, 0.25) is 0 Å². The SMILES string of the molecule is C=Cc1c(/C=C\C)ccc2c1ccc1c3ccccc3ccc21. The first kappa shape index (κ1) is 13.8. The van der Waals surface area contributed by atoms with E-state index in [0.717, 1.165) is 0 Å². The van der Waals surface area contributed by atoms with E-state index < -0.39 is 0 Å². The number of benzene rings is 4. The van der Waals surface area contributed by atoms with Gasteiger partial charge in [0.05, 0.1) is 0 Å². The predicted octanol–water partition coefficient (Wildman–Crippen LogP) is 6.82. The summed E-state index contributed by atoms with van der Waals surface area (Å²) in [7, 11) is 0. The van der Waals surface area contributed by atoms with Gasteiger partial charge < -0.3 is 0 Å². The molecule has 0 unspecified atom stereocenters. The van der Waals surface area contributed by atoms with Crippen molar-refractivity contribution in [2.24, 2.45) is 0 Å². The second kappa shape index (κ2) is 5.40. The van der Waals surface area contributed by atoms with Crippen molar-refractivity contribution in [1.82, 2.24) is 0 Å². The summed E-state index contributed by atoms with van der Waals surface area (Å²) in [6, 6.07) is 21.9. The molecular weight excluding hydrogens is 276 g/mol. The number of hydrogen-bond acceptors (Lipinski definition) is 0. The van der Waals surface area contributed by atoms with Crippen molar-refractivity contribution >= 4 is 44.5 Å². The van der Waals surface area contributed by atoms with Crippen molar-refractivity contribution in [3.63, 3.8) is 0 Å². The zero-order valence-electron chi connectivity index (χ0n) is 13.2. The fraction of sp³-hybridized carbons (Fsp3) is 0.0435. The minimum Gasteiger partial charge on any atom is -0.0984 e. The van der Waals surface area contributed by atoms with E-state index in [1.54, 1.807) is 0 Å². The lowest BCUT2D eigenvalue weighted by molar-refractivity contribution is 1.67. The molecule has 110 valence electrons. The summed E-state index contributed by atoms with van der Waals surface area (Å²) < 4.78 is 0. The van der Waals surface area contributed by atoms with E-state index in [0.29, 0.717) is 0 Å². The fourth-order valence-corrected chi connectivity index (χ4v) is 3.50. The lowest BCUT2D eigenvalue weighted by Gasteiger charge is -2.11. The Morgan fingerprint density at radius 1 is 0.696 bits per heavy atom. The third kappa shape index (κ3) is 2.07. The molecule has 0 nitrogen and oxygen atoms in total. The van der Waals surface area contributed by atoms with Crippen LogP contribution in [0, 0.1) is 0 Å². The molecule has 0 aromatic heterocycles. The average molecular weight is 294 g/mol. The van der Waals surface area contributed by atoms with Crippen LogP contribution < -0.4 is 0 Å². The highest BCUT2D eigenvalue weighted by Gasteiger charge is 2.08. The fourth-order valence-electron chi connectivity index (χ4n) is 3.50. The zero-order chi connectivity index (χ0) is 15.8. The van der Waals surface area contributed by atoms with Gasteiger partial charge in [-0.1, -0.05) is 85.5 Å². The standard InChI is InChI=1S/C23H18/c1-3-7-16-10-12-22-20(18(16)4-2)14-15-21-19-9-6-5-8-17(19)11-13-23(21)22/h3-15H,2H2,1H3/b7-3-. The van der Waals surface area contributed by atoms with Gasteiger partial charge in [0, 0.05) is 0 Å². The maximum atomic E-state index is 4.02. The van der Waals surface area contributed by atoms with E-state index in [9.17, 15) is 0 Å². The van der Waals surface area contributed by atoms with Gasteiger partial charge in [-0.3, -0.25) is 0 Å². The predicted molar refractivity (Wildman–Crippen MR) is 104 cm³/mol. The number of fused-ring (bicyclic) bond motifs is 5. The third-order valence-electron chi connectivity index (χ3n) is 4.55. The van der Waals surface area contributed by atoms with Crippen molar-refractivity contribution in [2.45, 2.75) is 6.92 Å². The molecule has 0 aliphatic heterocycles. The van der Waals surface area contributed by atoms with Crippen molar-refractivity contribution in [3.8, 4) is 0 Å². The number of rotatable bonds is 2. The normalized spacial score (nSPS) is 11.7. The smallest absolute Gasteiger partial charge is 0.00987 e. The average Bonchev–Trinajstić information content (AvgIpc) is 2.61. The molecule has 0 aliphatic carbocycles. The van der Waals surface area contributed by atoms with E-state index >= 15 is 0 Å². The molecule has 0 N–H and O–H groups in total. The first-order valence-corrected chi connectivity index (χ1v) is 7.96. The summed E-state index contributed by atoms with van der Waals surface area (Å²) in [6.45, 7) is 6.07. The molecule has 0 bridgehead atoms. The van der Waals surface area contributed by atoms with Crippen LogP contribution in [0.2, 0.25) is 0 Å². The highest BCUT2D eigenvalue weighted by Crippen LogP contribution is 2.34. The monoisotopic (exact) mass is 294 g/mol. The summed E-state index contributed by atoms with van der Waals surface area (Å²) in [5.41, 5.74) is 2.42. The second-order valence-corrected chi connectivity index (χ2v) is 5.82.